The number of halogens is 1. The average molecular weight is 370 g/mol. The fourth-order valence-electron chi connectivity index (χ4n) is 2.66. The fraction of sp³-hybridized carbons (Fsp3) is 0.556. The molecule has 2 rings (SSSR count). The Morgan fingerprint density at radius 1 is 1.38 bits per heavy atom. The van der Waals surface area contributed by atoms with E-state index in [1.165, 1.54) is 0 Å². The molecule has 6 heteroatoms. The summed E-state index contributed by atoms with van der Waals surface area (Å²) in [6.45, 7) is 6.32. The molecule has 0 aliphatic carbocycles. The maximum atomic E-state index is 12.8. The summed E-state index contributed by atoms with van der Waals surface area (Å²) in [5.74, 6) is 0.402. The maximum absolute atomic E-state index is 12.8. The monoisotopic (exact) mass is 369 g/mol. The quantitative estimate of drug-likeness (QED) is 0.702. The lowest BCUT2D eigenvalue weighted by Gasteiger charge is -2.29. The van der Waals surface area contributed by atoms with E-state index in [-0.39, 0.29) is 23.2 Å². The van der Waals surface area contributed by atoms with Crippen molar-refractivity contribution in [3.63, 3.8) is 0 Å². The maximum Gasteiger partial charge on any atom is 0.329 e. The van der Waals surface area contributed by atoms with E-state index < -0.39 is 6.04 Å². The number of benzene rings is 1. The van der Waals surface area contributed by atoms with Crippen LogP contribution in [0, 0.1) is 5.92 Å². The van der Waals surface area contributed by atoms with Crippen molar-refractivity contribution in [3.05, 3.63) is 34.9 Å². The minimum Gasteiger partial charge on any atom is -0.464 e. The standard InChI is InChI=1S/C18H24ClNO3S/c1-4-9-23-18(22)15-11-24-17(13-7-5-6-8-14(13)19)20(15)16(21)10-12(2)3/h5-8,12,15,17H,4,9-11H2,1-3H3. The number of nitrogens with zero attached hydrogens (tertiary/aromatic N) is 1. The van der Waals surface area contributed by atoms with Gasteiger partial charge >= 0.3 is 5.97 Å². The second kappa shape index (κ2) is 8.77. The molecule has 1 heterocycles. The molecule has 1 aliphatic rings. The molecule has 0 bridgehead atoms. The summed E-state index contributed by atoms with van der Waals surface area (Å²) in [5.41, 5.74) is 0.868. The molecule has 1 aromatic carbocycles. The Balaban J connectivity index is 2.28. The van der Waals surface area contributed by atoms with E-state index in [1.54, 1.807) is 16.7 Å². The Kier molecular flexibility index (Phi) is 6.99. The average Bonchev–Trinajstić information content (AvgIpc) is 2.97. The minimum atomic E-state index is -0.547. The van der Waals surface area contributed by atoms with Gasteiger partial charge < -0.3 is 9.64 Å². The molecule has 0 aromatic heterocycles. The van der Waals surface area contributed by atoms with Gasteiger partial charge in [0.2, 0.25) is 5.91 Å². The van der Waals surface area contributed by atoms with E-state index in [9.17, 15) is 9.59 Å². The highest BCUT2D eigenvalue weighted by Gasteiger charge is 2.43. The van der Waals surface area contributed by atoms with E-state index >= 15 is 0 Å². The number of ether oxygens (including phenoxy) is 1. The van der Waals surface area contributed by atoms with Crippen LogP contribution in [0.2, 0.25) is 5.02 Å². The number of thioether (sulfide) groups is 1. The molecule has 4 nitrogen and oxygen atoms in total. The van der Waals surface area contributed by atoms with E-state index in [4.69, 9.17) is 16.3 Å². The SMILES string of the molecule is CCCOC(=O)C1CSC(c2ccccc2Cl)N1C(=O)CC(C)C. The lowest BCUT2D eigenvalue weighted by atomic mass is 10.1. The zero-order chi connectivity index (χ0) is 17.7. The highest BCUT2D eigenvalue weighted by Crippen LogP contribution is 2.44. The third kappa shape index (κ3) is 4.45. The van der Waals surface area contributed by atoms with E-state index in [0.717, 1.165) is 12.0 Å². The smallest absolute Gasteiger partial charge is 0.329 e. The molecule has 2 unspecified atom stereocenters. The first kappa shape index (κ1) is 19.1. The number of esters is 1. The van der Waals surface area contributed by atoms with Gasteiger partial charge in [-0.05, 0) is 18.4 Å². The van der Waals surface area contributed by atoms with Gasteiger partial charge in [-0.3, -0.25) is 4.79 Å². The van der Waals surface area contributed by atoms with Gasteiger partial charge in [0.1, 0.15) is 11.4 Å². The van der Waals surface area contributed by atoms with Gasteiger partial charge in [-0.1, -0.05) is 50.6 Å². The second-order valence-corrected chi connectivity index (χ2v) is 7.81. The van der Waals surface area contributed by atoms with Crippen molar-refractivity contribution in [2.24, 2.45) is 5.92 Å². The van der Waals surface area contributed by atoms with Gasteiger partial charge in [-0.2, -0.15) is 0 Å². The van der Waals surface area contributed by atoms with Crippen LogP contribution in [0.4, 0.5) is 0 Å². The summed E-state index contributed by atoms with van der Waals surface area (Å²) < 4.78 is 5.30. The van der Waals surface area contributed by atoms with E-state index in [1.807, 2.05) is 45.0 Å². The van der Waals surface area contributed by atoms with Crippen LogP contribution in [-0.2, 0) is 14.3 Å². The molecule has 1 fully saturated rings. The van der Waals surface area contributed by atoms with Crippen molar-refractivity contribution < 1.29 is 14.3 Å². The predicted molar refractivity (Wildman–Crippen MR) is 98.0 cm³/mol. The van der Waals surface area contributed by atoms with Crippen molar-refractivity contribution >= 4 is 35.2 Å². The molecule has 0 spiro atoms. The molecule has 1 aromatic rings. The van der Waals surface area contributed by atoms with Gasteiger partial charge in [-0.15, -0.1) is 11.8 Å². The van der Waals surface area contributed by atoms with Crippen molar-refractivity contribution in [1.82, 2.24) is 4.90 Å². The van der Waals surface area contributed by atoms with Crippen LogP contribution in [0.5, 0.6) is 0 Å². The zero-order valence-electron chi connectivity index (χ0n) is 14.3. The molecule has 1 saturated heterocycles. The van der Waals surface area contributed by atoms with Crippen LogP contribution >= 0.6 is 23.4 Å². The summed E-state index contributed by atoms with van der Waals surface area (Å²) >= 11 is 7.89. The summed E-state index contributed by atoms with van der Waals surface area (Å²) in [5, 5.41) is 0.365. The fourth-order valence-corrected chi connectivity index (χ4v) is 4.44. The molecule has 1 aliphatic heterocycles. The molecular formula is C18H24ClNO3S. The van der Waals surface area contributed by atoms with Gasteiger partial charge in [0.25, 0.3) is 0 Å². The Morgan fingerprint density at radius 2 is 2.08 bits per heavy atom. The van der Waals surface area contributed by atoms with Gasteiger partial charge in [0, 0.05) is 22.8 Å². The van der Waals surface area contributed by atoms with Gasteiger partial charge in [0.15, 0.2) is 0 Å². The third-order valence-corrected chi connectivity index (χ3v) is 5.41. The normalized spacial score (nSPS) is 20.5. The lowest BCUT2D eigenvalue weighted by Crippen LogP contribution is -2.44. The first-order chi connectivity index (χ1) is 11.5. The van der Waals surface area contributed by atoms with E-state index in [2.05, 4.69) is 0 Å². The van der Waals surface area contributed by atoms with Crippen molar-refractivity contribution in [3.8, 4) is 0 Å². The Morgan fingerprint density at radius 3 is 2.71 bits per heavy atom. The summed E-state index contributed by atoms with van der Waals surface area (Å²) in [4.78, 5) is 26.9. The Bertz CT molecular complexity index is 593. The van der Waals surface area contributed by atoms with Crippen LogP contribution in [0.25, 0.3) is 0 Å². The zero-order valence-corrected chi connectivity index (χ0v) is 15.9. The third-order valence-electron chi connectivity index (χ3n) is 3.76. The summed E-state index contributed by atoms with van der Waals surface area (Å²) in [6, 6.07) is 6.93. The molecule has 1 amide bonds. The summed E-state index contributed by atoms with van der Waals surface area (Å²) in [6.07, 6.45) is 1.17. The van der Waals surface area contributed by atoms with Gasteiger partial charge in [0.05, 0.1) is 6.61 Å². The first-order valence-corrected chi connectivity index (χ1v) is 9.72. The van der Waals surface area contributed by atoms with Crippen molar-refractivity contribution in [1.29, 1.82) is 0 Å². The van der Waals surface area contributed by atoms with Crippen molar-refractivity contribution in [2.75, 3.05) is 12.4 Å². The largest absolute Gasteiger partial charge is 0.464 e. The number of carbonyl (C=O) groups is 2. The number of hydrogen-bond donors (Lipinski definition) is 0. The van der Waals surface area contributed by atoms with Gasteiger partial charge in [-0.25, -0.2) is 4.79 Å². The van der Waals surface area contributed by atoms with Crippen LogP contribution in [-0.4, -0.2) is 35.2 Å². The van der Waals surface area contributed by atoms with Crippen LogP contribution in [0.15, 0.2) is 24.3 Å². The highest BCUT2D eigenvalue weighted by molar-refractivity contribution is 7.99. The molecule has 0 N–H and O–H groups in total. The Hall–Kier alpha value is -1.20. The Labute approximate surface area is 152 Å². The molecule has 0 saturated carbocycles. The molecule has 132 valence electrons. The topological polar surface area (TPSA) is 46.6 Å². The highest BCUT2D eigenvalue weighted by atomic mass is 35.5. The van der Waals surface area contributed by atoms with Crippen molar-refractivity contribution in [2.45, 2.75) is 45.0 Å². The van der Waals surface area contributed by atoms with Crippen LogP contribution in [0.3, 0.4) is 0 Å². The molecule has 2 atom stereocenters. The summed E-state index contributed by atoms with van der Waals surface area (Å²) in [7, 11) is 0. The van der Waals surface area contributed by atoms with Crippen LogP contribution in [0.1, 0.15) is 44.6 Å². The first-order valence-electron chi connectivity index (χ1n) is 8.29. The number of hydrogen-bond acceptors (Lipinski definition) is 4. The van der Waals surface area contributed by atoms with E-state index in [0.29, 0.717) is 23.8 Å². The number of carbonyl (C=O) groups excluding carboxylic acids is 2. The minimum absolute atomic E-state index is 0.0293. The molecular weight excluding hydrogens is 346 g/mol. The molecule has 0 radical (unpaired) electrons. The van der Waals surface area contributed by atoms with Crippen LogP contribution < -0.4 is 0 Å². The number of amides is 1. The lowest BCUT2D eigenvalue weighted by molar-refractivity contribution is -0.154. The second-order valence-electron chi connectivity index (χ2n) is 6.29. The molecule has 24 heavy (non-hydrogen) atoms. The number of rotatable bonds is 6. The predicted octanol–water partition coefficient (Wildman–Crippen LogP) is 4.28.